The first-order valence-electron chi connectivity index (χ1n) is 5.18. The Bertz CT molecular complexity index is 428. The van der Waals surface area contributed by atoms with Crippen LogP contribution in [0.15, 0.2) is 6.07 Å². The molecule has 14 heavy (non-hydrogen) atoms. The Labute approximate surface area is 84.5 Å². The van der Waals surface area contributed by atoms with E-state index in [0.29, 0.717) is 0 Å². The van der Waals surface area contributed by atoms with Gasteiger partial charge in [0.1, 0.15) is 0 Å². The molecule has 0 spiro atoms. The van der Waals surface area contributed by atoms with Gasteiger partial charge in [0.05, 0.1) is 6.61 Å². The first-order chi connectivity index (χ1) is 6.83. The van der Waals surface area contributed by atoms with Gasteiger partial charge in [-0.2, -0.15) is 0 Å². The first kappa shape index (κ1) is 9.53. The molecular formula is C12H17NO. The maximum atomic E-state index is 5.12. The molecule has 0 unspecified atom stereocenters. The van der Waals surface area contributed by atoms with E-state index in [1.807, 2.05) is 0 Å². The van der Waals surface area contributed by atoms with E-state index in [9.17, 15) is 0 Å². The summed E-state index contributed by atoms with van der Waals surface area (Å²) in [5, 5.41) is 2.77. The van der Waals surface area contributed by atoms with Crippen molar-refractivity contribution >= 4 is 12.2 Å². The van der Waals surface area contributed by atoms with Gasteiger partial charge in [0.2, 0.25) is 0 Å². The van der Waals surface area contributed by atoms with Crippen LogP contribution in [0.2, 0.25) is 0 Å². The van der Waals surface area contributed by atoms with E-state index in [2.05, 4.69) is 29.7 Å². The lowest BCUT2D eigenvalue weighted by molar-refractivity contribution is 0.186. The fourth-order valence-electron chi connectivity index (χ4n) is 2.05. The molecule has 1 aromatic heterocycles. The van der Waals surface area contributed by atoms with Crippen LogP contribution in [0.25, 0.3) is 12.2 Å². The van der Waals surface area contributed by atoms with Crippen LogP contribution in [0.1, 0.15) is 18.5 Å². The van der Waals surface area contributed by atoms with Crippen molar-refractivity contribution in [1.29, 1.82) is 0 Å². The summed E-state index contributed by atoms with van der Waals surface area (Å²) in [6.07, 6.45) is 7.01. The van der Waals surface area contributed by atoms with Crippen molar-refractivity contribution in [2.45, 2.75) is 26.3 Å². The lowest BCUT2D eigenvalue weighted by atomic mass is 10.2. The smallest absolute Gasteiger partial charge is 0.0642 e. The summed E-state index contributed by atoms with van der Waals surface area (Å²) < 4.78 is 7.46. The van der Waals surface area contributed by atoms with Crippen LogP contribution in [-0.4, -0.2) is 18.3 Å². The van der Waals surface area contributed by atoms with Gasteiger partial charge in [0, 0.05) is 24.7 Å². The fraction of sp³-hybridized carbons (Fsp3) is 0.500. The van der Waals surface area contributed by atoms with E-state index in [4.69, 9.17) is 4.74 Å². The van der Waals surface area contributed by atoms with Crippen LogP contribution in [0, 0.1) is 6.92 Å². The third-order valence-electron chi connectivity index (χ3n) is 2.76. The number of aromatic nitrogens is 1. The molecule has 1 aromatic rings. The highest BCUT2D eigenvalue weighted by molar-refractivity contribution is 5.37. The van der Waals surface area contributed by atoms with Crippen LogP contribution >= 0.6 is 0 Å². The minimum atomic E-state index is 0.788. The van der Waals surface area contributed by atoms with E-state index in [-0.39, 0.29) is 0 Å². The molecule has 0 N–H and O–H groups in total. The third kappa shape index (κ3) is 1.62. The molecule has 0 aromatic carbocycles. The van der Waals surface area contributed by atoms with Gasteiger partial charge < -0.3 is 9.30 Å². The van der Waals surface area contributed by atoms with Gasteiger partial charge in [-0.3, -0.25) is 0 Å². The van der Waals surface area contributed by atoms with E-state index >= 15 is 0 Å². The summed E-state index contributed by atoms with van der Waals surface area (Å²) in [6.45, 7) is 3.91. The number of fused-ring (bicyclic) bond motifs is 1. The summed E-state index contributed by atoms with van der Waals surface area (Å²) in [7, 11) is 1.75. The number of rotatable bonds is 3. The molecule has 2 rings (SSSR count). The predicted molar refractivity (Wildman–Crippen MR) is 58.5 cm³/mol. The van der Waals surface area contributed by atoms with Crippen molar-refractivity contribution in [3.8, 4) is 0 Å². The van der Waals surface area contributed by atoms with Crippen LogP contribution in [-0.2, 0) is 11.3 Å². The minimum Gasteiger partial charge on any atom is -0.383 e. The maximum Gasteiger partial charge on any atom is 0.0642 e. The molecule has 0 saturated carbocycles. The highest BCUT2D eigenvalue weighted by atomic mass is 16.5. The lowest BCUT2D eigenvalue weighted by Gasteiger charge is -2.06. The van der Waals surface area contributed by atoms with E-state index < -0.39 is 0 Å². The Hall–Kier alpha value is -1.02. The highest BCUT2D eigenvalue weighted by Crippen LogP contribution is 1.98. The Morgan fingerprint density at radius 3 is 2.93 bits per heavy atom. The van der Waals surface area contributed by atoms with Crippen molar-refractivity contribution in [2.75, 3.05) is 13.7 Å². The molecule has 0 bridgehead atoms. The van der Waals surface area contributed by atoms with Crippen molar-refractivity contribution in [3.05, 3.63) is 22.3 Å². The molecule has 76 valence electrons. The first-order valence-corrected chi connectivity index (χ1v) is 5.18. The molecule has 1 aliphatic rings. The molecule has 0 amide bonds. The summed E-state index contributed by atoms with van der Waals surface area (Å²) >= 11 is 0. The number of hydrogen-bond acceptors (Lipinski definition) is 1. The zero-order chi connectivity index (χ0) is 9.97. The number of ether oxygens (including phenoxy) is 1. The van der Waals surface area contributed by atoms with Gasteiger partial charge in [0.25, 0.3) is 0 Å². The van der Waals surface area contributed by atoms with Gasteiger partial charge in [-0.05, 0) is 31.1 Å². The largest absolute Gasteiger partial charge is 0.383 e. The molecular weight excluding hydrogens is 174 g/mol. The summed E-state index contributed by atoms with van der Waals surface area (Å²) in [5.41, 5.74) is 1.33. The second-order valence-electron chi connectivity index (χ2n) is 3.76. The Morgan fingerprint density at radius 2 is 2.14 bits per heavy atom. The minimum absolute atomic E-state index is 0.788. The van der Waals surface area contributed by atoms with Crippen LogP contribution in [0.3, 0.4) is 0 Å². The van der Waals surface area contributed by atoms with Gasteiger partial charge in [-0.15, -0.1) is 0 Å². The van der Waals surface area contributed by atoms with Gasteiger partial charge >= 0.3 is 0 Å². The summed E-state index contributed by atoms with van der Waals surface area (Å²) in [4.78, 5) is 0. The maximum absolute atomic E-state index is 5.12. The second-order valence-corrected chi connectivity index (χ2v) is 3.76. The Kier molecular flexibility index (Phi) is 2.73. The predicted octanol–water partition coefficient (Wildman–Crippen LogP) is 0.798. The average molecular weight is 191 g/mol. The lowest BCUT2D eigenvalue weighted by Crippen LogP contribution is -2.31. The number of methoxy groups -OCH3 is 1. The normalized spacial score (nSPS) is 14.4. The molecule has 0 aliphatic heterocycles. The quantitative estimate of drug-likeness (QED) is 0.689. The van der Waals surface area contributed by atoms with E-state index in [1.165, 1.54) is 29.1 Å². The highest BCUT2D eigenvalue weighted by Gasteiger charge is 2.03. The topological polar surface area (TPSA) is 14.2 Å². The Morgan fingerprint density at radius 1 is 1.36 bits per heavy atom. The fourth-order valence-corrected chi connectivity index (χ4v) is 2.05. The van der Waals surface area contributed by atoms with E-state index in [1.54, 1.807) is 7.11 Å². The summed E-state index contributed by atoms with van der Waals surface area (Å²) in [5.74, 6) is 0. The molecule has 0 fully saturated rings. The molecule has 0 atom stereocenters. The molecule has 2 heteroatoms. The van der Waals surface area contributed by atoms with Crippen molar-refractivity contribution in [2.24, 2.45) is 0 Å². The van der Waals surface area contributed by atoms with Crippen LogP contribution in [0.5, 0.6) is 0 Å². The number of nitrogens with zero attached hydrogens (tertiary/aromatic N) is 1. The molecule has 0 saturated heterocycles. The van der Waals surface area contributed by atoms with Crippen molar-refractivity contribution in [1.82, 2.24) is 4.57 Å². The van der Waals surface area contributed by atoms with Gasteiger partial charge in [0.15, 0.2) is 0 Å². The van der Waals surface area contributed by atoms with E-state index in [0.717, 1.165) is 13.2 Å². The number of aryl methyl sites for hydroxylation is 1. The van der Waals surface area contributed by atoms with Gasteiger partial charge in [-0.25, -0.2) is 0 Å². The molecule has 2 nitrogen and oxygen atoms in total. The molecule has 1 aliphatic carbocycles. The standard InChI is InChI=1S/C12H17NO/c1-10-9-11-5-3-4-6-12(11)13(10)7-8-14-2/h5-6,9H,3-4,7-8H2,1-2H3. The number of hydrogen-bond donors (Lipinski definition) is 0. The second kappa shape index (κ2) is 4.01. The average Bonchev–Trinajstić information content (AvgIpc) is 2.51. The third-order valence-corrected chi connectivity index (χ3v) is 2.76. The zero-order valence-electron chi connectivity index (χ0n) is 8.92. The van der Waals surface area contributed by atoms with Crippen molar-refractivity contribution < 1.29 is 4.74 Å². The SMILES string of the molecule is COCCn1c(C)cc2c1=CCCC=2. The monoisotopic (exact) mass is 191 g/mol. The molecule has 1 heterocycles. The van der Waals surface area contributed by atoms with Crippen LogP contribution < -0.4 is 10.6 Å². The van der Waals surface area contributed by atoms with Crippen molar-refractivity contribution in [3.63, 3.8) is 0 Å². The molecule has 0 radical (unpaired) electrons. The summed E-state index contributed by atoms with van der Waals surface area (Å²) in [6, 6.07) is 2.26. The van der Waals surface area contributed by atoms with Crippen LogP contribution in [0.4, 0.5) is 0 Å². The Balaban J connectivity index is 2.44. The van der Waals surface area contributed by atoms with Gasteiger partial charge in [-0.1, -0.05) is 12.2 Å². The zero-order valence-corrected chi connectivity index (χ0v) is 8.92.